The van der Waals surface area contributed by atoms with E-state index in [0.29, 0.717) is 19.1 Å². The Bertz CT molecular complexity index is 778. The van der Waals surface area contributed by atoms with E-state index in [4.69, 9.17) is 9.72 Å². The van der Waals surface area contributed by atoms with Gasteiger partial charge in [-0.05, 0) is 37.5 Å². The molecule has 0 spiro atoms. The van der Waals surface area contributed by atoms with E-state index in [9.17, 15) is 4.79 Å². The summed E-state index contributed by atoms with van der Waals surface area (Å²) in [6.45, 7) is 5.13. The molecule has 5 heteroatoms. The van der Waals surface area contributed by atoms with E-state index < -0.39 is 0 Å². The summed E-state index contributed by atoms with van der Waals surface area (Å²) < 4.78 is 5.48. The number of hydrogen-bond donors (Lipinski definition) is 1. The van der Waals surface area contributed by atoms with Crippen molar-refractivity contribution in [3.63, 3.8) is 0 Å². The van der Waals surface area contributed by atoms with Crippen LogP contribution in [-0.4, -0.2) is 28.0 Å². The van der Waals surface area contributed by atoms with Crippen molar-refractivity contribution in [2.75, 3.05) is 13.2 Å². The van der Waals surface area contributed by atoms with Crippen LogP contribution in [0.3, 0.4) is 0 Å². The van der Waals surface area contributed by atoms with Crippen LogP contribution in [0.5, 0.6) is 5.75 Å². The maximum Gasteiger partial charge on any atom is 0.255 e. The van der Waals surface area contributed by atoms with Gasteiger partial charge < -0.3 is 9.72 Å². The number of nitrogens with zero attached hydrogens (tertiary/aromatic N) is 2. The van der Waals surface area contributed by atoms with Crippen molar-refractivity contribution >= 4 is 0 Å². The molecule has 4 rings (SSSR count). The molecule has 5 nitrogen and oxygen atoms in total. The highest BCUT2D eigenvalue weighted by molar-refractivity contribution is 5.28. The van der Waals surface area contributed by atoms with Crippen molar-refractivity contribution in [1.82, 2.24) is 14.9 Å². The molecule has 0 atom stereocenters. The normalized spacial score (nSPS) is 17.5. The third-order valence-electron chi connectivity index (χ3n) is 4.77. The van der Waals surface area contributed by atoms with E-state index in [1.807, 2.05) is 19.1 Å². The van der Waals surface area contributed by atoms with Crippen molar-refractivity contribution < 1.29 is 4.74 Å². The number of fused-ring (bicyclic) bond motifs is 1. The van der Waals surface area contributed by atoms with E-state index in [-0.39, 0.29) is 5.56 Å². The highest BCUT2D eigenvalue weighted by Crippen LogP contribution is 2.37. The van der Waals surface area contributed by atoms with Crippen LogP contribution in [0, 0.1) is 0 Å². The predicted molar refractivity (Wildman–Crippen MR) is 92.3 cm³/mol. The Hall–Kier alpha value is -2.14. The maximum atomic E-state index is 12.4. The highest BCUT2D eigenvalue weighted by atomic mass is 16.5. The van der Waals surface area contributed by atoms with Crippen LogP contribution in [-0.2, 0) is 19.5 Å². The van der Waals surface area contributed by atoms with Crippen LogP contribution in [0.15, 0.2) is 29.1 Å². The standard InChI is InChI=1S/C19H23N3O2/c1-2-24-15-7-3-13(4-8-15)11-22-10-9-17-16(12-22)19(23)21-18(20-17)14-5-6-14/h3-4,7-8,14H,2,5-6,9-12H2,1H3,(H,20,21,23). The van der Waals surface area contributed by atoms with Crippen LogP contribution in [0.4, 0.5) is 0 Å². The Morgan fingerprint density at radius 3 is 2.79 bits per heavy atom. The van der Waals surface area contributed by atoms with Gasteiger partial charge in [-0.1, -0.05) is 12.1 Å². The van der Waals surface area contributed by atoms with E-state index >= 15 is 0 Å². The second-order valence-corrected chi connectivity index (χ2v) is 6.69. The number of hydrogen-bond acceptors (Lipinski definition) is 4. The minimum Gasteiger partial charge on any atom is -0.494 e. The molecule has 1 saturated carbocycles. The fourth-order valence-corrected chi connectivity index (χ4v) is 3.30. The topological polar surface area (TPSA) is 58.2 Å². The fraction of sp³-hybridized carbons (Fsp3) is 0.474. The lowest BCUT2D eigenvalue weighted by Crippen LogP contribution is -2.35. The minimum absolute atomic E-state index is 0.0540. The first-order valence-corrected chi connectivity index (χ1v) is 8.79. The first-order valence-electron chi connectivity index (χ1n) is 8.79. The summed E-state index contributed by atoms with van der Waals surface area (Å²) in [6, 6.07) is 8.21. The van der Waals surface area contributed by atoms with Gasteiger partial charge in [-0.15, -0.1) is 0 Å². The van der Waals surface area contributed by atoms with Crippen molar-refractivity contribution in [2.45, 2.75) is 45.2 Å². The lowest BCUT2D eigenvalue weighted by Gasteiger charge is -2.27. The first-order chi connectivity index (χ1) is 11.7. The molecule has 0 unspecified atom stereocenters. The number of aromatic amines is 1. The molecule has 0 saturated heterocycles. The number of nitrogens with one attached hydrogen (secondary N) is 1. The van der Waals surface area contributed by atoms with Crippen molar-refractivity contribution in [3.8, 4) is 5.75 Å². The molecule has 1 aromatic carbocycles. The molecule has 2 heterocycles. The molecule has 1 N–H and O–H groups in total. The molecule has 0 amide bonds. The molecule has 1 aliphatic carbocycles. The zero-order valence-corrected chi connectivity index (χ0v) is 14.0. The molecule has 2 aliphatic rings. The fourth-order valence-electron chi connectivity index (χ4n) is 3.30. The minimum atomic E-state index is 0.0540. The first kappa shape index (κ1) is 15.4. The van der Waals surface area contributed by atoms with Gasteiger partial charge in [0.1, 0.15) is 11.6 Å². The van der Waals surface area contributed by atoms with Crippen LogP contribution in [0.1, 0.15) is 48.3 Å². The second-order valence-electron chi connectivity index (χ2n) is 6.69. The number of rotatable bonds is 5. The second kappa shape index (κ2) is 6.40. The van der Waals surface area contributed by atoms with E-state index in [2.05, 4.69) is 22.0 Å². The molecule has 0 radical (unpaired) electrons. The van der Waals surface area contributed by atoms with E-state index in [0.717, 1.165) is 55.2 Å². The van der Waals surface area contributed by atoms with Gasteiger partial charge in [0.2, 0.25) is 0 Å². The third kappa shape index (κ3) is 3.22. The van der Waals surface area contributed by atoms with Crippen molar-refractivity contribution in [2.24, 2.45) is 0 Å². The van der Waals surface area contributed by atoms with Gasteiger partial charge in [0.05, 0.1) is 17.9 Å². The molecule has 1 fully saturated rings. The van der Waals surface area contributed by atoms with Gasteiger partial charge in [0.15, 0.2) is 0 Å². The lowest BCUT2D eigenvalue weighted by atomic mass is 10.1. The Kier molecular flexibility index (Phi) is 4.10. The molecule has 24 heavy (non-hydrogen) atoms. The highest BCUT2D eigenvalue weighted by Gasteiger charge is 2.29. The Morgan fingerprint density at radius 1 is 1.29 bits per heavy atom. The number of ether oxygens (including phenoxy) is 1. The average molecular weight is 325 g/mol. The van der Waals surface area contributed by atoms with Crippen LogP contribution >= 0.6 is 0 Å². The van der Waals surface area contributed by atoms with Crippen LogP contribution in [0.25, 0.3) is 0 Å². The van der Waals surface area contributed by atoms with Crippen molar-refractivity contribution in [1.29, 1.82) is 0 Å². The summed E-state index contributed by atoms with van der Waals surface area (Å²) in [5.74, 6) is 2.29. The number of aromatic nitrogens is 2. The predicted octanol–water partition coefficient (Wildman–Crippen LogP) is 2.60. The lowest BCUT2D eigenvalue weighted by molar-refractivity contribution is 0.241. The molecule has 1 aliphatic heterocycles. The summed E-state index contributed by atoms with van der Waals surface area (Å²) in [7, 11) is 0. The van der Waals surface area contributed by atoms with E-state index in [1.54, 1.807) is 0 Å². The Morgan fingerprint density at radius 2 is 2.08 bits per heavy atom. The molecular formula is C19H23N3O2. The summed E-state index contributed by atoms with van der Waals surface area (Å²) >= 11 is 0. The third-order valence-corrected chi connectivity index (χ3v) is 4.77. The Balaban J connectivity index is 1.47. The Labute approximate surface area is 141 Å². The van der Waals surface area contributed by atoms with Gasteiger partial charge in [0.25, 0.3) is 5.56 Å². The molecular weight excluding hydrogens is 302 g/mol. The largest absolute Gasteiger partial charge is 0.494 e. The van der Waals surface area contributed by atoms with Gasteiger partial charge >= 0.3 is 0 Å². The number of H-pyrrole nitrogens is 1. The van der Waals surface area contributed by atoms with Gasteiger partial charge in [-0.25, -0.2) is 4.98 Å². The summed E-state index contributed by atoms with van der Waals surface area (Å²) in [4.78, 5) is 22.4. The maximum absolute atomic E-state index is 12.4. The van der Waals surface area contributed by atoms with Gasteiger partial charge in [-0.3, -0.25) is 9.69 Å². The zero-order valence-electron chi connectivity index (χ0n) is 14.0. The van der Waals surface area contributed by atoms with Gasteiger partial charge in [-0.2, -0.15) is 0 Å². The zero-order chi connectivity index (χ0) is 16.5. The number of benzene rings is 1. The quantitative estimate of drug-likeness (QED) is 0.918. The molecule has 126 valence electrons. The summed E-state index contributed by atoms with van der Waals surface area (Å²) in [5.41, 5.74) is 3.14. The van der Waals surface area contributed by atoms with Gasteiger partial charge in [0, 0.05) is 32.0 Å². The monoisotopic (exact) mass is 325 g/mol. The van der Waals surface area contributed by atoms with Crippen LogP contribution < -0.4 is 10.3 Å². The summed E-state index contributed by atoms with van der Waals surface area (Å²) in [6.07, 6.45) is 3.17. The van der Waals surface area contributed by atoms with E-state index in [1.165, 1.54) is 5.56 Å². The SMILES string of the molecule is CCOc1ccc(CN2CCc3nc(C4CC4)[nH]c(=O)c3C2)cc1. The smallest absolute Gasteiger partial charge is 0.255 e. The molecule has 1 aromatic heterocycles. The molecule has 2 aromatic rings. The average Bonchev–Trinajstić information content (AvgIpc) is 3.42. The summed E-state index contributed by atoms with van der Waals surface area (Å²) in [5, 5.41) is 0. The van der Waals surface area contributed by atoms with Crippen molar-refractivity contribution in [3.05, 3.63) is 57.3 Å². The van der Waals surface area contributed by atoms with Crippen LogP contribution in [0.2, 0.25) is 0 Å². The molecule has 0 bridgehead atoms.